The number of piperazine rings is 1. The summed E-state index contributed by atoms with van der Waals surface area (Å²) in [6, 6.07) is -0.830. The van der Waals surface area contributed by atoms with Gasteiger partial charge in [0.15, 0.2) is 17.1 Å². The molecule has 1 fully saturated rings. The standard InChI is InChI=1S/C9H13Cl2N3O3/c10-3-6(15)9(7(16)4-11)5-13-1-2-14(9)8(12)17/h13H,1-5H2,(H2,12,17). The van der Waals surface area contributed by atoms with E-state index in [1.807, 2.05) is 0 Å². The Morgan fingerprint density at radius 3 is 2.18 bits per heavy atom. The Balaban J connectivity index is 3.21. The second kappa shape index (κ2) is 5.66. The Kier molecular flexibility index (Phi) is 4.73. The normalized spacial score (nSPS) is 18.8. The van der Waals surface area contributed by atoms with Gasteiger partial charge in [0.05, 0.1) is 11.8 Å². The summed E-state index contributed by atoms with van der Waals surface area (Å²) < 4.78 is 0. The molecule has 0 aliphatic carbocycles. The molecule has 0 radical (unpaired) electrons. The van der Waals surface area contributed by atoms with Gasteiger partial charge in [0, 0.05) is 19.6 Å². The molecule has 0 atom stereocenters. The Morgan fingerprint density at radius 1 is 1.24 bits per heavy atom. The van der Waals surface area contributed by atoms with Crippen LogP contribution in [0.25, 0.3) is 0 Å². The Hall–Kier alpha value is -0.850. The quantitative estimate of drug-likeness (QED) is 0.528. The van der Waals surface area contributed by atoms with Crippen LogP contribution in [0.1, 0.15) is 0 Å². The molecule has 0 aromatic rings. The van der Waals surface area contributed by atoms with Crippen molar-refractivity contribution < 1.29 is 14.4 Å². The number of urea groups is 1. The number of amides is 2. The number of rotatable bonds is 4. The van der Waals surface area contributed by atoms with Crippen LogP contribution in [0.4, 0.5) is 4.79 Å². The highest BCUT2D eigenvalue weighted by Crippen LogP contribution is 2.22. The number of alkyl halides is 2. The smallest absolute Gasteiger partial charge is 0.316 e. The van der Waals surface area contributed by atoms with Crippen LogP contribution in [0.15, 0.2) is 0 Å². The van der Waals surface area contributed by atoms with E-state index >= 15 is 0 Å². The molecule has 1 aliphatic rings. The average Bonchev–Trinajstić information content (AvgIpc) is 2.36. The molecule has 3 N–H and O–H groups in total. The van der Waals surface area contributed by atoms with Gasteiger partial charge in [-0.15, -0.1) is 23.2 Å². The maximum absolute atomic E-state index is 11.9. The maximum atomic E-state index is 11.9. The Morgan fingerprint density at radius 2 is 1.76 bits per heavy atom. The lowest BCUT2D eigenvalue weighted by Crippen LogP contribution is -2.72. The van der Waals surface area contributed by atoms with Crippen molar-refractivity contribution >= 4 is 40.8 Å². The number of nitrogens with one attached hydrogen (secondary N) is 1. The molecule has 0 saturated carbocycles. The summed E-state index contributed by atoms with van der Waals surface area (Å²) in [6.45, 7) is 0.615. The summed E-state index contributed by atoms with van der Waals surface area (Å²) in [5.74, 6) is -1.91. The van der Waals surface area contributed by atoms with E-state index in [-0.39, 0.29) is 24.8 Å². The third-order valence-electron chi connectivity index (χ3n) is 2.79. The third kappa shape index (κ3) is 2.38. The average molecular weight is 282 g/mol. The number of ketones is 2. The third-order valence-corrected chi connectivity index (χ3v) is 3.27. The minimum atomic E-state index is -1.66. The van der Waals surface area contributed by atoms with Crippen LogP contribution in [0.5, 0.6) is 0 Å². The number of hydrogen-bond acceptors (Lipinski definition) is 4. The van der Waals surface area contributed by atoms with Crippen molar-refractivity contribution in [1.82, 2.24) is 10.2 Å². The Bertz CT molecular complexity index is 332. The van der Waals surface area contributed by atoms with Gasteiger partial charge in [-0.05, 0) is 0 Å². The molecule has 6 nitrogen and oxygen atoms in total. The fourth-order valence-corrected chi connectivity index (χ4v) is 2.36. The summed E-state index contributed by atoms with van der Waals surface area (Å²) in [6.07, 6.45) is 0. The number of primary amides is 1. The summed E-state index contributed by atoms with van der Waals surface area (Å²) in [5.41, 5.74) is 3.54. The summed E-state index contributed by atoms with van der Waals surface area (Å²) in [5, 5.41) is 2.88. The number of carbonyl (C=O) groups excluding carboxylic acids is 3. The number of halogens is 2. The van der Waals surface area contributed by atoms with Gasteiger partial charge in [0.2, 0.25) is 0 Å². The van der Waals surface area contributed by atoms with Crippen LogP contribution in [0, 0.1) is 0 Å². The molecule has 1 aliphatic heterocycles. The highest BCUT2D eigenvalue weighted by molar-refractivity contribution is 6.37. The highest BCUT2D eigenvalue weighted by Gasteiger charge is 2.51. The van der Waals surface area contributed by atoms with Crippen molar-refractivity contribution in [1.29, 1.82) is 0 Å². The summed E-state index contributed by atoms with van der Waals surface area (Å²) >= 11 is 11.0. The Labute approximate surface area is 108 Å². The van der Waals surface area contributed by atoms with Crippen LogP contribution in [-0.4, -0.2) is 59.4 Å². The van der Waals surface area contributed by atoms with Gasteiger partial charge in [0.1, 0.15) is 0 Å². The van der Waals surface area contributed by atoms with E-state index in [0.717, 1.165) is 4.90 Å². The maximum Gasteiger partial charge on any atom is 0.316 e. The molecule has 96 valence electrons. The largest absolute Gasteiger partial charge is 0.351 e. The molecular weight excluding hydrogens is 269 g/mol. The van der Waals surface area contributed by atoms with E-state index in [9.17, 15) is 14.4 Å². The molecular formula is C9H13Cl2N3O3. The van der Waals surface area contributed by atoms with Crippen molar-refractivity contribution in [3.63, 3.8) is 0 Å². The van der Waals surface area contributed by atoms with Crippen molar-refractivity contribution in [2.75, 3.05) is 31.4 Å². The highest BCUT2D eigenvalue weighted by atomic mass is 35.5. The van der Waals surface area contributed by atoms with Crippen molar-refractivity contribution in [2.24, 2.45) is 5.73 Å². The molecule has 0 aromatic heterocycles. The molecule has 1 rings (SSSR count). The first kappa shape index (κ1) is 14.2. The van der Waals surface area contributed by atoms with Crippen LogP contribution < -0.4 is 11.1 Å². The predicted octanol–water partition coefficient (Wildman–Crippen LogP) is -0.675. The van der Waals surface area contributed by atoms with E-state index < -0.39 is 23.1 Å². The van der Waals surface area contributed by atoms with Crippen LogP contribution in [0.3, 0.4) is 0 Å². The zero-order valence-corrected chi connectivity index (χ0v) is 10.6. The molecule has 1 saturated heterocycles. The number of nitrogens with zero attached hydrogens (tertiary/aromatic N) is 1. The second-order valence-corrected chi connectivity index (χ2v) is 4.18. The lowest BCUT2D eigenvalue weighted by molar-refractivity contribution is -0.139. The van der Waals surface area contributed by atoms with Crippen molar-refractivity contribution in [2.45, 2.75) is 5.54 Å². The molecule has 1 heterocycles. The predicted molar refractivity (Wildman–Crippen MR) is 63.3 cm³/mol. The number of carbonyl (C=O) groups is 3. The van der Waals surface area contributed by atoms with Crippen LogP contribution >= 0.6 is 23.2 Å². The molecule has 17 heavy (non-hydrogen) atoms. The molecule has 2 amide bonds. The number of hydrogen-bond donors (Lipinski definition) is 2. The van der Waals surface area contributed by atoms with Crippen molar-refractivity contribution in [3.8, 4) is 0 Å². The van der Waals surface area contributed by atoms with Crippen molar-refractivity contribution in [3.05, 3.63) is 0 Å². The topological polar surface area (TPSA) is 92.5 Å². The lowest BCUT2D eigenvalue weighted by Gasteiger charge is -2.43. The van der Waals surface area contributed by atoms with E-state index in [2.05, 4.69) is 5.32 Å². The fraction of sp³-hybridized carbons (Fsp3) is 0.667. The summed E-state index contributed by atoms with van der Waals surface area (Å²) in [4.78, 5) is 36.2. The minimum Gasteiger partial charge on any atom is -0.351 e. The number of Topliss-reactive ketones (excluding diaryl/α,β-unsaturated/α-hetero) is 2. The van der Waals surface area contributed by atoms with E-state index in [0.29, 0.717) is 6.54 Å². The fourth-order valence-electron chi connectivity index (χ4n) is 1.92. The van der Waals surface area contributed by atoms with Gasteiger partial charge in [0.25, 0.3) is 0 Å². The minimum absolute atomic E-state index is 0.00690. The van der Waals surface area contributed by atoms with Gasteiger partial charge >= 0.3 is 6.03 Å². The zero-order chi connectivity index (χ0) is 13.1. The monoisotopic (exact) mass is 281 g/mol. The first-order valence-corrected chi connectivity index (χ1v) is 6.04. The van der Waals surface area contributed by atoms with Gasteiger partial charge in [-0.1, -0.05) is 0 Å². The second-order valence-electron chi connectivity index (χ2n) is 3.64. The molecule has 0 bridgehead atoms. The lowest BCUT2D eigenvalue weighted by atomic mass is 9.86. The SMILES string of the molecule is NC(=O)N1CCNCC1(C(=O)CCl)C(=O)CCl. The van der Waals surface area contributed by atoms with Gasteiger partial charge < -0.3 is 16.0 Å². The van der Waals surface area contributed by atoms with Crippen LogP contribution in [0.2, 0.25) is 0 Å². The van der Waals surface area contributed by atoms with Gasteiger partial charge in [-0.25, -0.2) is 4.79 Å². The summed E-state index contributed by atoms with van der Waals surface area (Å²) in [7, 11) is 0. The molecule has 0 aromatic carbocycles. The van der Waals surface area contributed by atoms with Gasteiger partial charge in [-0.2, -0.15) is 0 Å². The zero-order valence-electron chi connectivity index (χ0n) is 9.04. The molecule has 0 unspecified atom stereocenters. The molecule has 8 heteroatoms. The van der Waals surface area contributed by atoms with Gasteiger partial charge in [-0.3, -0.25) is 9.59 Å². The number of nitrogens with two attached hydrogens (primary N) is 1. The molecule has 0 spiro atoms. The first-order chi connectivity index (χ1) is 8.00. The van der Waals surface area contributed by atoms with E-state index in [1.165, 1.54) is 0 Å². The first-order valence-electron chi connectivity index (χ1n) is 4.97. The van der Waals surface area contributed by atoms with E-state index in [4.69, 9.17) is 28.9 Å². The van der Waals surface area contributed by atoms with Crippen LogP contribution in [-0.2, 0) is 9.59 Å². The van der Waals surface area contributed by atoms with E-state index in [1.54, 1.807) is 0 Å².